The van der Waals surface area contributed by atoms with Crippen molar-refractivity contribution in [3.63, 3.8) is 0 Å². The van der Waals surface area contributed by atoms with Crippen molar-refractivity contribution < 1.29 is 13.9 Å². The number of benzene rings is 2. The van der Waals surface area contributed by atoms with E-state index in [1.807, 2.05) is 11.0 Å². The molecule has 5 nitrogen and oxygen atoms in total. The third kappa shape index (κ3) is 4.45. The smallest absolute Gasteiger partial charge is 0.266 e. The Labute approximate surface area is 157 Å². The molecular weight excluding hydrogens is 345 g/mol. The molecule has 3 rings (SSSR count). The molecule has 0 aromatic heterocycles. The minimum Gasteiger partial charge on any atom is -0.497 e. The minimum absolute atomic E-state index is 0.0980. The predicted molar refractivity (Wildman–Crippen MR) is 103 cm³/mol. The lowest BCUT2D eigenvalue weighted by atomic mass is 10.1. The molecular formula is C21H20FN3O2. The third-order valence-electron chi connectivity index (χ3n) is 4.44. The Morgan fingerprint density at radius 2 is 1.93 bits per heavy atom. The maximum atomic E-state index is 14.4. The van der Waals surface area contributed by atoms with E-state index >= 15 is 0 Å². The lowest BCUT2D eigenvalue weighted by Crippen LogP contribution is -2.18. The summed E-state index contributed by atoms with van der Waals surface area (Å²) in [5, 5.41) is 12.0. The van der Waals surface area contributed by atoms with Crippen molar-refractivity contribution in [3.05, 3.63) is 59.4 Å². The summed E-state index contributed by atoms with van der Waals surface area (Å²) in [6.45, 7) is 1.69. The van der Waals surface area contributed by atoms with Crippen molar-refractivity contribution in [2.45, 2.75) is 12.8 Å². The molecule has 1 N–H and O–H groups in total. The number of nitriles is 1. The van der Waals surface area contributed by atoms with Gasteiger partial charge in [0.05, 0.1) is 12.8 Å². The van der Waals surface area contributed by atoms with Gasteiger partial charge in [-0.3, -0.25) is 4.79 Å². The van der Waals surface area contributed by atoms with Crippen LogP contribution in [0.15, 0.2) is 48.0 Å². The molecule has 1 aliphatic rings. The van der Waals surface area contributed by atoms with E-state index in [1.165, 1.54) is 12.1 Å². The predicted octanol–water partition coefficient (Wildman–Crippen LogP) is 3.98. The molecule has 2 aromatic carbocycles. The average molecular weight is 365 g/mol. The van der Waals surface area contributed by atoms with Crippen LogP contribution in [-0.2, 0) is 4.79 Å². The van der Waals surface area contributed by atoms with Crippen LogP contribution in [-0.4, -0.2) is 26.1 Å². The fourth-order valence-corrected chi connectivity index (χ4v) is 3.02. The van der Waals surface area contributed by atoms with Gasteiger partial charge in [0.2, 0.25) is 0 Å². The van der Waals surface area contributed by atoms with E-state index < -0.39 is 5.91 Å². The number of hydrogen-bond donors (Lipinski definition) is 1. The molecule has 27 heavy (non-hydrogen) atoms. The number of halogens is 1. The van der Waals surface area contributed by atoms with E-state index in [1.54, 1.807) is 43.5 Å². The molecule has 1 amide bonds. The van der Waals surface area contributed by atoms with Crippen LogP contribution in [0.3, 0.4) is 0 Å². The fourth-order valence-electron chi connectivity index (χ4n) is 3.02. The molecule has 0 spiro atoms. The second kappa shape index (κ2) is 8.37. The Hall–Kier alpha value is -3.33. The number of ether oxygens (including phenoxy) is 1. The van der Waals surface area contributed by atoms with E-state index in [4.69, 9.17) is 4.74 Å². The van der Waals surface area contributed by atoms with Crippen LogP contribution in [0.4, 0.5) is 15.8 Å². The Bertz CT molecular complexity index is 895. The monoisotopic (exact) mass is 365 g/mol. The number of methoxy groups -OCH3 is 1. The van der Waals surface area contributed by atoms with Gasteiger partial charge in [-0.2, -0.15) is 5.26 Å². The first-order valence-electron chi connectivity index (χ1n) is 8.72. The van der Waals surface area contributed by atoms with Gasteiger partial charge in [-0.05, 0) is 60.9 Å². The zero-order valence-corrected chi connectivity index (χ0v) is 15.0. The molecule has 2 aromatic rings. The highest BCUT2D eigenvalue weighted by Crippen LogP contribution is 2.25. The Kier molecular flexibility index (Phi) is 5.72. The Balaban J connectivity index is 1.75. The number of anilines is 2. The lowest BCUT2D eigenvalue weighted by molar-refractivity contribution is -0.112. The van der Waals surface area contributed by atoms with Crippen molar-refractivity contribution >= 4 is 23.4 Å². The van der Waals surface area contributed by atoms with E-state index in [9.17, 15) is 14.4 Å². The summed E-state index contributed by atoms with van der Waals surface area (Å²) in [4.78, 5) is 14.3. The maximum absolute atomic E-state index is 14.4. The summed E-state index contributed by atoms with van der Waals surface area (Å²) in [5.74, 6) is -0.234. The second-order valence-corrected chi connectivity index (χ2v) is 6.26. The second-order valence-electron chi connectivity index (χ2n) is 6.26. The number of rotatable bonds is 5. The zero-order chi connectivity index (χ0) is 19.2. The van der Waals surface area contributed by atoms with E-state index in [0.29, 0.717) is 22.7 Å². The molecule has 1 saturated heterocycles. The third-order valence-corrected chi connectivity index (χ3v) is 4.44. The summed E-state index contributed by atoms with van der Waals surface area (Å²) < 4.78 is 19.5. The number of amides is 1. The first-order chi connectivity index (χ1) is 13.1. The van der Waals surface area contributed by atoms with Gasteiger partial charge in [-0.25, -0.2) is 4.39 Å². The largest absolute Gasteiger partial charge is 0.497 e. The van der Waals surface area contributed by atoms with Crippen LogP contribution in [0.25, 0.3) is 6.08 Å². The van der Waals surface area contributed by atoms with Crippen LogP contribution < -0.4 is 15.0 Å². The van der Waals surface area contributed by atoms with Gasteiger partial charge in [-0.1, -0.05) is 6.07 Å². The van der Waals surface area contributed by atoms with E-state index in [-0.39, 0.29) is 11.4 Å². The normalized spacial score (nSPS) is 14.0. The number of carbonyl (C=O) groups is 1. The molecule has 0 unspecified atom stereocenters. The average Bonchev–Trinajstić information content (AvgIpc) is 3.21. The number of nitrogens with zero attached hydrogens (tertiary/aromatic N) is 2. The van der Waals surface area contributed by atoms with Gasteiger partial charge in [0.1, 0.15) is 23.2 Å². The van der Waals surface area contributed by atoms with Gasteiger partial charge < -0.3 is 15.0 Å². The maximum Gasteiger partial charge on any atom is 0.266 e. The molecule has 0 aliphatic carbocycles. The van der Waals surface area contributed by atoms with E-state index in [2.05, 4.69) is 5.32 Å². The topological polar surface area (TPSA) is 65.4 Å². The zero-order valence-electron chi connectivity index (χ0n) is 15.0. The minimum atomic E-state index is -0.549. The summed E-state index contributed by atoms with van der Waals surface area (Å²) in [6, 6.07) is 13.4. The number of nitrogens with one attached hydrogen (secondary N) is 1. The summed E-state index contributed by atoms with van der Waals surface area (Å²) in [6.07, 6.45) is 3.51. The first-order valence-corrected chi connectivity index (χ1v) is 8.72. The van der Waals surface area contributed by atoms with Gasteiger partial charge in [-0.15, -0.1) is 0 Å². The quantitative estimate of drug-likeness (QED) is 0.643. The van der Waals surface area contributed by atoms with Crippen molar-refractivity contribution in [1.29, 1.82) is 5.26 Å². The van der Waals surface area contributed by atoms with Crippen LogP contribution in [0.2, 0.25) is 0 Å². The summed E-state index contributed by atoms with van der Waals surface area (Å²) >= 11 is 0. The van der Waals surface area contributed by atoms with Crippen LogP contribution in [0.5, 0.6) is 5.75 Å². The van der Waals surface area contributed by atoms with Crippen LogP contribution in [0, 0.1) is 17.1 Å². The summed E-state index contributed by atoms with van der Waals surface area (Å²) in [7, 11) is 1.55. The number of carbonyl (C=O) groups excluding carboxylic acids is 1. The van der Waals surface area contributed by atoms with E-state index in [0.717, 1.165) is 25.9 Å². The van der Waals surface area contributed by atoms with Gasteiger partial charge >= 0.3 is 0 Å². The van der Waals surface area contributed by atoms with Gasteiger partial charge in [0.15, 0.2) is 0 Å². The molecule has 0 atom stereocenters. The lowest BCUT2D eigenvalue weighted by Gasteiger charge is -2.18. The Morgan fingerprint density at radius 1 is 1.22 bits per heavy atom. The number of hydrogen-bond acceptors (Lipinski definition) is 4. The molecule has 0 radical (unpaired) electrons. The highest BCUT2D eigenvalue weighted by atomic mass is 19.1. The first kappa shape index (κ1) is 18.5. The molecule has 0 bridgehead atoms. The van der Waals surface area contributed by atoms with Crippen LogP contribution >= 0.6 is 0 Å². The van der Waals surface area contributed by atoms with Gasteiger partial charge in [0.25, 0.3) is 5.91 Å². The SMILES string of the molecule is COc1ccc(NC(=O)/C(C#N)=C\c2ccc(N3CCCC3)c(F)c2)cc1. The Morgan fingerprint density at radius 3 is 2.52 bits per heavy atom. The molecule has 1 fully saturated rings. The highest BCUT2D eigenvalue weighted by molar-refractivity contribution is 6.09. The van der Waals surface area contributed by atoms with Crippen molar-refractivity contribution in [1.82, 2.24) is 0 Å². The van der Waals surface area contributed by atoms with Gasteiger partial charge in [0, 0.05) is 18.8 Å². The van der Waals surface area contributed by atoms with Crippen LogP contribution in [0.1, 0.15) is 18.4 Å². The standard InChI is InChI=1S/C21H20FN3O2/c1-27-18-7-5-17(6-8-18)24-21(26)16(14-23)12-15-4-9-20(19(22)13-15)25-10-2-3-11-25/h4-9,12-13H,2-3,10-11H2,1H3,(H,24,26)/b16-12-. The van der Waals surface area contributed by atoms with Crippen molar-refractivity contribution in [2.75, 3.05) is 30.4 Å². The highest BCUT2D eigenvalue weighted by Gasteiger charge is 2.16. The molecule has 1 aliphatic heterocycles. The molecule has 0 saturated carbocycles. The van der Waals surface area contributed by atoms with Crippen molar-refractivity contribution in [2.24, 2.45) is 0 Å². The summed E-state index contributed by atoms with van der Waals surface area (Å²) in [5.41, 5.74) is 1.47. The fraction of sp³-hybridized carbons (Fsp3) is 0.238. The van der Waals surface area contributed by atoms with Crippen molar-refractivity contribution in [3.8, 4) is 11.8 Å². The molecule has 1 heterocycles. The molecule has 6 heteroatoms. The molecule has 138 valence electrons.